The Kier molecular flexibility index (Phi) is 7.88. The number of likely N-dealkylation sites (tertiary alicyclic amines) is 1. The van der Waals surface area contributed by atoms with Crippen LogP contribution in [0.25, 0.3) is 0 Å². The van der Waals surface area contributed by atoms with Gasteiger partial charge in [0.2, 0.25) is 17.7 Å². The predicted molar refractivity (Wildman–Crippen MR) is 141 cm³/mol. The van der Waals surface area contributed by atoms with E-state index in [2.05, 4.69) is 47.8 Å². The summed E-state index contributed by atoms with van der Waals surface area (Å²) in [5.74, 6) is -1.35. The number of carbonyl (C=O) groups is 3. The van der Waals surface area contributed by atoms with Gasteiger partial charge in [-0.25, -0.2) is 0 Å². The molecule has 3 aliphatic rings. The predicted octanol–water partition coefficient (Wildman–Crippen LogP) is 2.94. The number of amides is 3. The molecule has 7 nitrogen and oxygen atoms in total. The summed E-state index contributed by atoms with van der Waals surface area (Å²) in [6.07, 6.45) is 5.71. The Morgan fingerprint density at radius 3 is 2.34 bits per heavy atom. The van der Waals surface area contributed by atoms with Gasteiger partial charge in [0.25, 0.3) is 0 Å². The number of thioether (sulfide) groups is 1. The van der Waals surface area contributed by atoms with E-state index in [1.807, 2.05) is 4.90 Å². The third kappa shape index (κ3) is 4.80. The van der Waals surface area contributed by atoms with Gasteiger partial charge in [-0.3, -0.25) is 14.4 Å². The average Bonchev–Trinajstić information content (AvgIpc) is 3.37. The molecule has 196 valence electrons. The van der Waals surface area contributed by atoms with Crippen molar-refractivity contribution in [3.63, 3.8) is 0 Å². The molecule has 3 amide bonds. The van der Waals surface area contributed by atoms with Gasteiger partial charge in [0.15, 0.2) is 0 Å². The van der Waals surface area contributed by atoms with Crippen LogP contribution in [-0.2, 0) is 14.4 Å². The normalized spacial score (nSPS) is 29.8. The lowest BCUT2D eigenvalue weighted by atomic mass is 9.70. The van der Waals surface area contributed by atoms with E-state index in [1.54, 1.807) is 40.8 Å². The smallest absolute Gasteiger partial charge is 0.247 e. The van der Waals surface area contributed by atoms with Crippen molar-refractivity contribution in [2.24, 2.45) is 17.3 Å². The van der Waals surface area contributed by atoms with Crippen LogP contribution in [0.2, 0.25) is 0 Å². The Morgan fingerprint density at radius 1 is 1.17 bits per heavy atom. The van der Waals surface area contributed by atoms with Crippen LogP contribution in [0.4, 0.5) is 0 Å². The Morgan fingerprint density at radius 2 is 1.80 bits per heavy atom. The van der Waals surface area contributed by atoms with Crippen LogP contribution >= 0.6 is 11.8 Å². The van der Waals surface area contributed by atoms with Crippen LogP contribution < -0.4 is 0 Å². The van der Waals surface area contributed by atoms with Crippen LogP contribution in [0.5, 0.6) is 0 Å². The topological polar surface area (TPSA) is 81.2 Å². The summed E-state index contributed by atoms with van der Waals surface area (Å²) in [5, 5.41) is 9.85. The number of rotatable bonds is 10. The minimum atomic E-state index is -0.705. The quantitative estimate of drug-likeness (QED) is 0.462. The summed E-state index contributed by atoms with van der Waals surface area (Å²) in [5.41, 5.74) is -0.471. The molecule has 35 heavy (non-hydrogen) atoms. The molecule has 0 saturated carbocycles. The molecular weight excluding hydrogens is 462 g/mol. The van der Waals surface area contributed by atoms with E-state index in [-0.39, 0.29) is 41.5 Å². The van der Waals surface area contributed by atoms with Gasteiger partial charge in [0, 0.05) is 37.5 Å². The van der Waals surface area contributed by atoms with Crippen molar-refractivity contribution < 1.29 is 19.5 Å². The molecule has 1 N–H and O–H groups in total. The number of likely N-dealkylation sites (N-methyl/N-ethyl adjacent to an activating group) is 1. The van der Waals surface area contributed by atoms with Crippen molar-refractivity contribution in [3.05, 3.63) is 25.3 Å². The zero-order chi connectivity index (χ0) is 26.3. The summed E-state index contributed by atoms with van der Waals surface area (Å²) in [6, 6.07) is -0.705. The van der Waals surface area contributed by atoms with E-state index in [1.165, 1.54) is 0 Å². The molecule has 1 spiro atoms. The highest BCUT2D eigenvalue weighted by Crippen LogP contribution is 2.66. The standard InChI is InChI=1S/C27H43N3O4S/c1-9-13-28(8)22(32)19-18-11-12-27(35-18)20(19)23(33)29(15-16-31)21(27)24(34)30(14-10-2)26(6,7)17-25(3,4)5/h9-10,18-21,31H,1-2,11-17H2,3-8H3/t18-,19+,20+,21?,27?/m1/s1. The van der Waals surface area contributed by atoms with Gasteiger partial charge in [-0.15, -0.1) is 24.9 Å². The summed E-state index contributed by atoms with van der Waals surface area (Å²) >= 11 is 1.66. The summed E-state index contributed by atoms with van der Waals surface area (Å²) in [6.45, 7) is 18.9. The van der Waals surface area contributed by atoms with Gasteiger partial charge >= 0.3 is 0 Å². The fraction of sp³-hybridized carbons (Fsp3) is 0.741. The first kappa shape index (κ1) is 27.8. The first-order valence-corrected chi connectivity index (χ1v) is 13.5. The van der Waals surface area contributed by atoms with E-state index in [0.717, 1.165) is 12.8 Å². The Bertz CT molecular complexity index is 882. The molecule has 8 heteroatoms. The van der Waals surface area contributed by atoms with Crippen LogP contribution in [0.15, 0.2) is 25.3 Å². The van der Waals surface area contributed by atoms with Gasteiger partial charge in [-0.1, -0.05) is 32.9 Å². The van der Waals surface area contributed by atoms with Crippen molar-refractivity contribution in [2.45, 2.75) is 75.5 Å². The fourth-order valence-corrected chi connectivity index (χ4v) is 9.11. The average molecular weight is 506 g/mol. The summed E-state index contributed by atoms with van der Waals surface area (Å²) in [7, 11) is 1.74. The minimum Gasteiger partial charge on any atom is -0.395 e. The maximum atomic E-state index is 14.4. The highest BCUT2D eigenvalue weighted by atomic mass is 32.2. The molecule has 3 rings (SSSR count). The molecular formula is C27H43N3O4S. The number of aliphatic hydroxyl groups is 1. The third-order valence-corrected chi connectivity index (χ3v) is 9.66. The Balaban J connectivity index is 2.04. The SMILES string of the molecule is C=CCN(C)C(=O)[C@@H]1[C@H]2C(=O)N(CCO)C(C(=O)N(CC=C)C(C)(C)CC(C)(C)C)C23CC[C@H]1S3. The molecule has 3 aliphatic heterocycles. The maximum Gasteiger partial charge on any atom is 0.247 e. The van der Waals surface area contributed by atoms with Crippen molar-refractivity contribution in [3.8, 4) is 0 Å². The van der Waals surface area contributed by atoms with Crippen LogP contribution in [0.3, 0.4) is 0 Å². The number of β-amino-alcohol motifs (C(OH)–C–C–N with tert-alkyl or cyclic N) is 1. The summed E-state index contributed by atoms with van der Waals surface area (Å²) < 4.78 is -0.652. The number of fused-ring (bicyclic) bond motifs is 1. The maximum absolute atomic E-state index is 14.4. The molecule has 0 radical (unpaired) electrons. The monoisotopic (exact) mass is 505 g/mol. The van der Waals surface area contributed by atoms with E-state index in [4.69, 9.17) is 0 Å². The zero-order valence-electron chi connectivity index (χ0n) is 22.2. The number of nitrogens with zero attached hydrogens (tertiary/aromatic N) is 3. The lowest BCUT2D eigenvalue weighted by Crippen LogP contribution is -2.60. The van der Waals surface area contributed by atoms with E-state index < -0.39 is 28.2 Å². The second-order valence-corrected chi connectivity index (χ2v) is 13.7. The number of aliphatic hydroxyl groups excluding tert-OH is 1. The molecule has 0 aromatic rings. The minimum absolute atomic E-state index is 0.00584. The Labute approximate surface area is 215 Å². The van der Waals surface area contributed by atoms with Gasteiger partial charge in [0.05, 0.1) is 23.2 Å². The van der Waals surface area contributed by atoms with E-state index in [0.29, 0.717) is 19.5 Å². The second-order valence-electron chi connectivity index (χ2n) is 12.1. The highest BCUT2D eigenvalue weighted by Gasteiger charge is 2.74. The lowest BCUT2D eigenvalue weighted by Gasteiger charge is -2.46. The van der Waals surface area contributed by atoms with Crippen LogP contribution in [0, 0.1) is 17.3 Å². The van der Waals surface area contributed by atoms with Crippen LogP contribution in [0.1, 0.15) is 53.9 Å². The molecule has 0 aliphatic carbocycles. The number of hydrogen-bond acceptors (Lipinski definition) is 5. The molecule has 2 bridgehead atoms. The fourth-order valence-electron chi connectivity index (χ4n) is 6.91. The number of carbonyl (C=O) groups excluding carboxylic acids is 3. The van der Waals surface area contributed by atoms with Crippen molar-refractivity contribution in [1.82, 2.24) is 14.7 Å². The first-order chi connectivity index (χ1) is 16.3. The molecule has 2 unspecified atom stereocenters. The Hall–Kier alpha value is -1.80. The summed E-state index contributed by atoms with van der Waals surface area (Å²) in [4.78, 5) is 46.8. The van der Waals surface area contributed by atoms with E-state index >= 15 is 0 Å². The largest absolute Gasteiger partial charge is 0.395 e. The van der Waals surface area contributed by atoms with Gasteiger partial charge < -0.3 is 19.8 Å². The van der Waals surface area contributed by atoms with Gasteiger partial charge in [-0.05, 0) is 38.5 Å². The molecule has 3 saturated heterocycles. The zero-order valence-corrected chi connectivity index (χ0v) is 23.1. The van der Waals surface area contributed by atoms with Gasteiger partial charge in [-0.2, -0.15) is 0 Å². The van der Waals surface area contributed by atoms with Crippen molar-refractivity contribution in [1.29, 1.82) is 0 Å². The van der Waals surface area contributed by atoms with E-state index in [9.17, 15) is 19.5 Å². The lowest BCUT2D eigenvalue weighted by molar-refractivity contribution is -0.147. The van der Waals surface area contributed by atoms with Gasteiger partial charge in [0.1, 0.15) is 6.04 Å². The molecule has 5 atom stereocenters. The molecule has 3 fully saturated rings. The molecule has 3 heterocycles. The number of hydrogen-bond donors (Lipinski definition) is 1. The van der Waals surface area contributed by atoms with Crippen LogP contribution in [-0.4, -0.2) is 92.4 Å². The third-order valence-electron chi connectivity index (χ3n) is 7.71. The second kappa shape index (κ2) is 9.92. The molecule has 0 aromatic carbocycles. The van der Waals surface area contributed by atoms with Crippen molar-refractivity contribution in [2.75, 3.05) is 33.3 Å². The highest BCUT2D eigenvalue weighted by molar-refractivity contribution is 8.02. The first-order valence-electron chi connectivity index (χ1n) is 12.6. The van der Waals surface area contributed by atoms with Crippen molar-refractivity contribution >= 4 is 29.5 Å². The molecule has 0 aromatic heterocycles.